The van der Waals surface area contributed by atoms with Gasteiger partial charge in [-0.3, -0.25) is 10.1 Å². The van der Waals surface area contributed by atoms with E-state index in [2.05, 4.69) is 5.32 Å². The second-order valence-electron chi connectivity index (χ2n) is 4.70. The summed E-state index contributed by atoms with van der Waals surface area (Å²) in [7, 11) is 1.62. The number of hydrogen-bond donors (Lipinski definition) is 1. The van der Waals surface area contributed by atoms with Crippen molar-refractivity contribution in [3.63, 3.8) is 0 Å². The van der Waals surface area contributed by atoms with Gasteiger partial charge in [-0.1, -0.05) is 11.6 Å². The standard InChI is InChI=1S/C12H17ClN2O3/c1-12(2,8-18-3)14-7-9-6-10(13)4-5-11(9)15(16)17/h4-6,14H,7-8H2,1-3H3. The Morgan fingerprint density at radius 2 is 2.17 bits per heavy atom. The van der Waals surface area contributed by atoms with Crippen LogP contribution in [0.5, 0.6) is 0 Å². The topological polar surface area (TPSA) is 64.4 Å². The Morgan fingerprint density at radius 3 is 2.72 bits per heavy atom. The lowest BCUT2D eigenvalue weighted by Gasteiger charge is -2.25. The summed E-state index contributed by atoms with van der Waals surface area (Å²) in [6, 6.07) is 4.54. The summed E-state index contributed by atoms with van der Waals surface area (Å²) in [5.74, 6) is 0. The smallest absolute Gasteiger partial charge is 0.273 e. The van der Waals surface area contributed by atoms with E-state index in [0.29, 0.717) is 23.7 Å². The SMILES string of the molecule is COCC(C)(C)NCc1cc(Cl)ccc1[N+](=O)[O-]. The van der Waals surface area contributed by atoms with Gasteiger partial charge in [0.2, 0.25) is 0 Å². The van der Waals surface area contributed by atoms with Gasteiger partial charge in [0.15, 0.2) is 0 Å². The predicted molar refractivity (Wildman–Crippen MR) is 70.9 cm³/mol. The number of nitrogens with one attached hydrogen (secondary N) is 1. The molecule has 0 spiro atoms. The van der Waals surface area contributed by atoms with Crippen molar-refractivity contribution in [1.82, 2.24) is 5.32 Å². The van der Waals surface area contributed by atoms with Gasteiger partial charge in [0.25, 0.3) is 5.69 Å². The average molecular weight is 273 g/mol. The fraction of sp³-hybridized carbons (Fsp3) is 0.500. The van der Waals surface area contributed by atoms with Crippen molar-refractivity contribution >= 4 is 17.3 Å². The Kier molecular flexibility index (Phi) is 5.07. The highest BCUT2D eigenvalue weighted by atomic mass is 35.5. The molecule has 0 saturated heterocycles. The molecule has 0 radical (unpaired) electrons. The summed E-state index contributed by atoms with van der Waals surface area (Å²) < 4.78 is 5.07. The number of nitro groups is 1. The van der Waals surface area contributed by atoms with Crippen LogP contribution in [0.2, 0.25) is 5.02 Å². The Hall–Kier alpha value is -1.17. The van der Waals surface area contributed by atoms with E-state index in [9.17, 15) is 10.1 Å². The van der Waals surface area contributed by atoms with E-state index in [0.717, 1.165) is 0 Å². The number of hydrogen-bond acceptors (Lipinski definition) is 4. The molecule has 1 N–H and O–H groups in total. The number of benzene rings is 1. The van der Waals surface area contributed by atoms with Crippen LogP contribution in [-0.2, 0) is 11.3 Å². The molecule has 18 heavy (non-hydrogen) atoms. The van der Waals surface area contributed by atoms with Crippen LogP contribution in [0.15, 0.2) is 18.2 Å². The molecule has 1 aromatic rings. The maximum Gasteiger partial charge on any atom is 0.273 e. The number of rotatable bonds is 6. The zero-order valence-electron chi connectivity index (χ0n) is 10.7. The lowest BCUT2D eigenvalue weighted by atomic mass is 10.1. The van der Waals surface area contributed by atoms with Crippen LogP contribution in [-0.4, -0.2) is 24.2 Å². The normalized spacial score (nSPS) is 11.6. The van der Waals surface area contributed by atoms with Crippen LogP contribution in [0, 0.1) is 10.1 Å². The van der Waals surface area contributed by atoms with E-state index in [1.165, 1.54) is 12.1 Å². The van der Waals surface area contributed by atoms with Crippen LogP contribution < -0.4 is 5.32 Å². The van der Waals surface area contributed by atoms with E-state index >= 15 is 0 Å². The van der Waals surface area contributed by atoms with Gasteiger partial charge in [0.05, 0.1) is 11.5 Å². The first-order valence-corrected chi connectivity index (χ1v) is 5.90. The van der Waals surface area contributed by atoms with E-state index in [4.69, 9.17) is 16.3 Å². The van der Waals surface area contributed by atoms with Gasteiger partial charge in [-0.25, -0.2) is 0 Å². The van der Waals surface area contributed by atoms with E-state index in [1.807, 2.05) is 13.8 Å². The first kappa shape index (κ1) is 14.9. The zero-order valence-corrected chi connectivity index (χ0v) is 11.5. The third-order valence-electron chi connectivity index (χ3n) is 2.50. The fourth-order valence-electron chi connectivity index (χ4n) is 1.62. The molecule has 1 aromatic carbocycles. The number of halogens is 1. The molecule has 0 amide bonds. The lowest BCUT2D eigenvalue weighted by molar-refractivity contribution is -0.385. The Morgan fingerprint density at radius 1 is 1.50 bits per heavy atom. The van der Waals surface area contributed by atoms with Crippen LogP contribution >= 0.6 is 11.6 Å². The molecule has 0 unspecified atom stereocenters. The van der Waals surface area contributed by atoms with E-state index in [1.54, 1.807) is 13.2 Å². The van der Waals surface area contributed by atoms with Gasteiger partial charge >= 0.3 is 0 Å². The minimum Gasteiger partial charge on any atom is -0.383 e. The largest absolute Gasteiger partial charge is 0.383 e. The maximum atomic E-state index is 10.9. The van der Waals surface area contributed by atoms with Gasteiger partial charge in [0.1, 0.15) is 0 Å². The molecular weight excluding hydrogens is 256 g/mol. The van der Waals surface area contributed by atoms with Gasteiger partial charge in [-0.05, 0) is 26.0 Å². The summed E-state index contributed by atoms with van der Waals surface area (Å²) in [6.45, 7) is 4.81. The summed E-state index contributed by atoms with van der Waals surface area (Å²) in [4.78, 5) is 10.5. The molecule has 0 saturated carbocycles. The molecule has 0 heterocycles. The lowest BCUT2D eigenvalue weighted by Crippen LogP contribution is -2.42. The minimum atomic E-state index is -0.406. The molecule has 1 rings (SSSR count). The third kappa shape index (κ3) is 4.25. The predicted octanol–water partition coefficient (Wildman–Crippen LogP) is 2.76. The second-order valence-corrected chi connectivity index (χ2v) is 5.14. The highest BCUT2D eigenvalue weighted by Gasteiger charge is 2.20. The van der Waals surface area contributed by atoms with Crippen LogP contribution in [0.4, 0.5) is 5.69 Å². The van der Waals surface area contributed by atoms with Crippen molar-refractivity contribution in [3.8, 4) is 0 Å². The van der Waals surface area contributed by atoms with Gasteiger partial charge < -0.3 is 10.1 Å². The van der Waals surface area contributed by atoms with E-state index in [-0.39, 0.29) is 11.2 Å². The van der Waals surface area contributed by atoms with Crippen molar-refractivity contribution in [2.24, 2.45) is 0 Å². The van der Waals surface area contributed by atoms with Crippen molar-refractivity contribution in [2.45, 2.75) is 25.9 Å². The van der Waals surface area contributed by atoms with Crippen molar-refractivity contribution < 1.29 is 9.66 Å². The fourth-order valence-corrected chi connectivity index (χ4v) is 1.81. The van der Waals surface area contributed by atoms with Crippen molar-refractivity contribution in [2.75, 3.05) is 13.7 Å². The average Bonchev–Trinajstić information content (AvgIpc) is 2.26. The molecule has 0 aliphatic heterocycles. The summed E-state index contributed by atoms with van der Waals surface area (Å²) in [5, 5.41) is 14.6. The zero-order chi connectivity index (χ0) is 13.8. The molecule has 0 aliphatic carbocycles. The molecule has 0 aromatic heterocycles. The molecule has 0 atom stereocenters. The molecule has 0 fully saturated rings. The van der Waals surface area contributed by atoms with Crippen molar-refractivity contribution in [1.29, 1.82) is 0 Å². The Bertz CT molecular complexity index is 435. The maximum absolute atomic E-state index is 10.9. The second kappa shape index (κ2) is 6.13. The Balaban J connectivity index is 2.83. The van der Waals surface area contributed by atoms with Crippen LogP contribution in [0.1, 0.15) is 19.4 Å². The number of nitrogens with zero attached hydrogens (tertiary/aromatic N) is 1. The quantitative estimate of drug-likeness (QED) is 0.639. The minimum absolute atomic E-state index is 0.0696. The highest BCUT2D eigenvalue weighted by molar-refractivity contribution is 6.30. The molecule has 6 heteroatoms. The van der Waals surface area contributed by atoms with Gasteiger partial charge in [-0.15, -0.1) is 0 Å². The van der Waals surface area contributed by atoms with Gasteiger partial charge in [-0.2, -0.15) is 0 Å². The summed E-state index contributed by atoms with van der Waals surface area (Å²) in [6.07, 6.45) is 0. The monoisotopic (exact) mass is 272 g/mol. The first-order chi connectivity index (χ1) is 8.35. The summed E-state index contributed by atoms with van der Waals surface area (Å²) in [5.41, 5.74) is 0.377. The first-order valence-electron chi connectivity index (χ1n) is 5.52. The molecule has 100 valence electrons. The molecule has 0 bridgehead atoms. The molecule has 0 aliphatic rings. The Labute approximate surface area is 111 Å². The number of methoxy groups -OCH3 is 1. The summed E-state index contributed by atoms with van der Waals surface area (Å²) >= 11 is 5.86. The number of nitro benzene ring substituents is 1. The molecule has 5 nitrogen and oxygen atoms in total. The van der Waals surface area contributed by atoms with Crippen molar-refractivity contribution in [3.05, 3.63) is 38.9 Å². The van der Waals surface area contributed by atoms with E-state index < -0.39 is 4.92 Å². The highest BCUT2D eigenvalue weighted by Crippen LogP contribution is 2.23. The van der Waals surface area contributed by atoms with Crippen LogP contribution in [0.3, 0.4) is 0 Å². The van der Waals surface area contributed by atoms with Crippen LogP contribution in [0.25, 0.3) is 0 Å². The third-order valence-corrected chi connectivity index (χ3v) is 2.74. The van der Waals surface area contributed by atoms with Gasteiger partial charge in [0, 0.05) is 35.8 Å². The number of ether oxygens (including phenoxy) is 1. The molecular formula is C12H17ClN2O3.